The summed E-state index contributed by atoms with van der Waals surface area (Å²) in [5, 5.41) is 13.3. The number of nitrogens with one attached hydrogen (secondary N) is 3. The zero-order valence-electron chi connectivity index (χ0n) is 19.1. The van der Waals surface area contributed by atoms with Gasteiger partial charge in [-0.05, 0) is 62.1 Å². The summed E-state index contributed by atoms with van der Waals surface area (Å²) in [7, 11) is 0. The van der Waals surface area contributed by atoms with Crippen molar-refractivity contribution in [2.75, 3.05) is 5.32 Å². The summed E-state index contributed by atoms with van der Waals surface area (Å²) < 4.78 is 2.14. The van der Waals surface area contributed by atoms with Gasteiger partial charge in [-0.2, -0.15) is 5.10 Å². The standard InChI is InChI=1S/C26H25N7O/c1-15-9-21-22(10-16(15)2)33-23(18-3-5-19(6-4-18)26(34)31-20-7-8-20)14-28-25(33)24(32-21)27-11-17-12-29-30-13-17/h3-6,9-10,12-14,20H,7-8,11H2,1-2H3,(H,27,32)(H,29,30)(H,31,34). The van der Waals surface area contributed by atoms with Gasteiger partial charge in [-0.3, -0.25) is 14.3 Å². The van der Waals surface area contributed by atoms with E-state index in [-0.39, 0.29) is 5.91 Å². The van der Waals surface area contributed by atoms with Crippen molar-refractivity contribution < 1.29 is 4.79 Å². The molecule has 8 heteroatoms. The van der Waals surface area contributed by atoms with Crippen LogP contribution in [0.5, 0.6) is 0 Å². The lowest BCUT2D eigenvalue weighted by Crippen LogP contribution is -2.25. The summed E-state index contributed by atoms with van der Waals surface area (Å²) in [6.45, 7) is 4.79. The van der Waals surface area contributed by atoms with Crippen LogP contribution in [0.2, 0.25) is 0 Å². The predicted molar refractivity (Wildman–Crippen MR) is 132 cm³/mol. The van der Waals surface area contributed by atoms with Crippen molar-refractivity contribution in [3.8, 4) is 11.3 Å². The number of nitrogens with zero attached hydrogens (tertiary/aromatic N) is 4. The number of hydrogen-bond acceptors (Lipinski definition) is 5. The predicted octanol–water partition coefficient (Wildman–Crippen LogP) is 4.39. The molecular formula is C26H25N7O. The maximum atomic E-state index is 12.4. The van der Waals surface area contributed by atoms with E-state index in [2.05, 4.69) is 51.2 Å². The Bertz CT molecular complexity index is 1510. The molecule has 0 radical (unpaired) electrons. The zero-order chi connectivity index (χ0) is 23.2. The van der Waals surface area contributed by atoms with Gasteiger partial charge in [0, 0.05) is 35.5 Å². The Kier molecular flexibility index (Phi) is 4.79. The normalized spacial score (nSPS) is 13.5. The number of anilines is 1. The lowest BCUT2D eigenvalue weighted by atomic mass is 10.1. The zero-order valence-corrected chi connectivity index (χ0v) is 19.1. The molecule has 3 N–H and O–H groups in total. The molecule has 3 aromatic heterocycles. The third-order valence-corrected chi connectivity index (χ3v) is 6.41. The number of benzene rings is 2. The number of hydrogen-bond donors (Lipinski definition) is 3. The summed E-state index contributed by atoms with van der Waals surface area (Å²) in [6, 6.07) is 12.3. The van der Waals surface area contributed by atoms with E-state index in [1.807, 2.05) is 36.7 Å². The monoisotopic (exact) mass is 451 g/mol. The fourth-order valence-electron chi connectivity index (χ4n) is 4.16. The fraction of sp³-hybridized carbons (Fsp3) is 0.231. The van der Waals surface area contributed by atoms with Crippen molar-refractivity contribution >= 4 is 28.4 Å². The SMILES string of the molecule is Cc1cc2nc(NCc3cn[nH]c3)c3ncc(-c4ccc(C(=O)NC5CC5)cc4)n3c2cc1C. The molecule has 0 atom stereocenters. The molecule has 1 aliphatic rings. The summed E-state index contributed by atoms with van der Waals surface area (Å²) >= 11 is 0. The number of H-pyrrole nitrogens is 1. The molecule has 0 saturated heterocycles. The third-order valence-electron chi connectivity index (χ3n) is 6.41. The Morgan fingerprint density at radius 1 is 1.12 bits per heavy atom. The number of imidazole rings is 1. The molecule has 5 aromatic rings. The number of fused-ring (bicyclic) bond motifs is 3. The minimum Gasteiger partial charge on any atom is -0.363 e. The molecular weight excluding hydrogens is 426 g/mol. The van der Waals surface area contributed by atoms with Crippen LogP contribution in [0.4, 0.5) is 5.82 Å². The Morgan fingerprint density at radius 2 is 1.91 bits per heavy atom. The fourth-order valence-corrected chi connectivity index (χ4v) is 4.16. The van der Waals surface area contributed by atoms with Gasteiger partial charge >= 0.3 is 0 Å². The van der Waals surface area contributed by atoms with Crippen molar-refractivity contribution in [2.45, 2.75) is 39.3 Å². The molecule has 1 aliphatic carbocycles. The highest BCUT2D eigenvalue weighted by molar-refractivity contribution is 5.95. The van der Waals surface area contributed by atoms with Crippen LogP contribution in [-0.4, -0.2) is 36.5 Å². The highest BCUT2D eigenvalue weighted by Gasteiger charge is 2.24. The number of rotatable bonds is 6. The smallest absolute Gasteiger partial charge is 0.251 e. The van der Waals surface area contributed by atoms with Crippen LogP contribution in [0.3, 0.4) is 0 Å². The van der Waals surface area contributed by atoms with E-state index < -0.39 is 0 Å². The van der Waals surface area contributed by atoms with E-state index in [4.69, 9.17) is 9.97 Å². The molecule has 34 heavy (non-hydrogen) atoms. The largest absolute Gasteiger partial charge is 0.363 e. The topological polar surface area (TPSA) is 100 Å². The second-order valence-corrected chi connectivity index (χ2v) is 8.97. The average molecular weight is 452 g/mol. The number of aromatic nitrogens is 5. The lowest BCUT2D eigenvalue weighted by molar-refractivity contribution is 0.0951. The molecule has 1 saturated carbocycles. The Hall–Kier alpha value is -4.20. The highest BCUT2D eigenvalue weighted by atomic mass is 16.1. The van der Waals surface area contributed by atoms with Crippen LogP contribution in [0.15, 0.2) is 55.0 Å². The van der Waals surface area contributed by atoms with Crippen LogP contribution in [0.25, 0.3) is 27.9 Å². The summed E-state index contributed by atoms with van der Waals surface area (Å²) in [6.07, 6.45) is 7.66. The molecule has 0 unspecified atom stereocenters. The molecule has 3 heterocycles. The number of aromatic amines is 1. The molecule has 0 spiro atoms. The van der Waals surface area contributed by atoms with E-state index in [0.29, 0.717) is 24.0 Å². The van der Waals surface area contributed by atoms with Crippen molar-refractivity contribution in [3.05, 3.63) is 77.2 Å². The Morgan fingerprint density at radius 3 is 2.65 bits per heavy atom. The van der Waals surface area contributed by atoms with Gasteiger partial charge < -0.3 is 10.6 Å². The summed E-state index contributed by atoms with van der Waals surface area (Å²) in [5.74, 6) is 0.697. The molecule has 0 aliphatic heterocycles. The van der Waals surface area contributed by atoms with Gasteiger partial charge in [-0.25, -0.2) is 9.97 Å². The third kappa shape index (κ3) is 3.67. The number of carbonyl (C=O) groups is 1. The molecule has 170 valence electrons. The van der Waals surface area contributed by atoms with Gasteiger partial charge in [0.2, 0.25) is 0 Å². The van der Waals surface area contributed by atoms with Crippen LogP contribution in [-0.2, 0) is 6.54 Å². The van der Waals surface area contributed by atoms with Gasteiger partial charge in [0.25, 0.3) is 5.91 Å². The Labute approximate surface area is 196 Å². The first-order chi connectivity index (χ1) is 16.6. The first kappa shape index (κ1) is 20.4. The highest BCUT2D eigenvalue weighted by Crippen LogP contribution is 2.30. The summed E-state index contributed by atoms with van der Waals surface area (Å²) in [4.78, 5) is 22.1. The number of carbonyl (C=O) groups excluding carboxylic acids is 1. The van der Waals surface area contributed by atoms with Crippen LogP contribution >= 0.6 is 0 Å². The lowest BCUT2D eigenvalue weighted by Gasteiger charge is -2.13. The second kappa shape index (κ2) is 7.98. The first-order valence-corrected chi connectivity index (χ1v) is 11.5. The number of amides is 1. The van der Waals surface area contributed by atoms with Gasteiger partial charge in [-0.1, -0.05) is 12.1 Å². The van der Waals surface area contributed by atoms with Crippen molar-refractivity contribution in [1.82, 2.24) is 29.9 Å². The van der Waals surface area contributed by atoms with Gasteiger partial charge in [0.05, 0.1) is 29.1 Å². The van der Waals surface area contributed by atoms with Crippen LogP contribution in [0, 0.1) is 13.8 Å². The molecule has 1 amide bonds. The van der Waals surface area contributed by atoms with E-state index in [1.54, 1.807) is 6.20 Å². The van der Waals surface area contributed by atoms with E-state index in [0.717, 1.165) is 46.3 Å². The van der Waals surface area contributed by atoms with Crippen molar-refractivity contribution in [3.63, 3.8) is 0 Å². The van der Waals surface area contributed by atoms with Crippen LogP contribution in [0.1, 0.15) is 39.9 Å². The Balaban J connectivity index is 1.45. The van der Waals surface area contributed by atoms with Gasteiger partial charge in [0.15, 0.2) is 11.5 Å². The minimum atomic E-state index is -0.0151. The maximum absolute atomic E-state index is 12.4. The van der Waals surface area contributed by atoms with Crippen molar-refractivity contribution in [2.24, 2.45) is 0 Å². The molecule has 8 nitrogen and oxygen atoms in total. The second-order valence-electron chi connectivity index (χ2n) is 8.97. The first-order valence-electron chi connectivity index (χ1n) is 11.5. The molecule has 6 rings (SSSR count). The van der Waals surface area contributed by atoms with Crippen LogP contribution < -0.4 is 10.6 Å². The molecule has 0 bridgehead atoms. The van der Waals surface area contributed by atoms with E-state index in [9.17, 15) is 4.79 Å². The van der Waals surface area contributed by atoms with Crippen molar-refractivity contribution in [1.29, 1.82) is 0 Å². The summed E-state index contributed by atoms with van der Waals surface area (Å²) in [5.41, 5.74) is 8.67. The average Bonchev–Trinajstić information content (AvgIpc) is 3.31. The van der Waals surface area contributed by atoms with Gasteiger partial charge in [0.1, 0.15) is 0 Å². The quantitative estimate of drug-likeness (QED) is 0.355. The van der Waals surface area contributed by atoms with E-state index in [1.165, 1.54) is 11.1 Å². The maximum Gasteiger partial charge on any atom is 0.251 e. The minimum absolute atomic E-state index is 0.0151. The number of aryl methyl sites for hydroxylation is 2. The molecule has 2 aromatic carbocycles. The van der Waals surface area contributed by atoms with Gasteiger partial charge in [-0.15, -0.1) is 0 Å². The molecule has 1 fully saturated rings. The van der Waals surface area contributed by atoms with E-state index >= 15 is 0 Å².